The molecule has 1 aliphatic heterocycles. The number of imidazole rings is 1. The van der Waals surface area contributed by atoms with Crippen molar-refractivity contribution in [3.8, 4) is 0 Å². The zero-order valence-corrected chi connectivity index (χ0v) is 9.09. The average Bonchev–Trinajstić information content (AvgIpc) is 3.03. The van der Waals surface area contributed by atoms with Crippen LogP contribution in [-0.2, 0) is 17.9 Å². The van der Waals surface area contributed by atoms with Gasteiger partial charge in [-0.3, -0.25) is 4.79 Å². The second-order valence-corrected chi connectivity index (χ2v) is 4.51. The molecule has 1 fully saturated rings. The Kier molecular flexibility index (Phi) is 2.21. The van der Waals surface area contributed by atoms with Crippen molar-refractivity contribution in [2.75, 3.05) is 13.2 Å². The van der Waals surface area contributed by atoms with E-state index in [-0.39, 0.29) is 12.5 Å². The number of hydrogen-bond acceptors (Lipinski definition) is 3. The molecule has 86 valence electrons. The topological polar surface area (TPSA) is 58.4 Å². The lowest BCUT2D eigenvalue weighted by Gasteiger charge is -2.28. The van der Waals surface area contributed by atoms with E-state index in [9.17, 15) is 4.79 Å². The Morgan fingerprint density at radius 3 is 2.94 bits per heavy atom. The van der Waals surface area contributed by atoms with Crippen LogP contribution in [0.3, 0.4) is 0 Å². The van der Waals surface area contributed by atoms with Crippen LogP contribution < -0.4 is 0 Å². The van der Waals surface area contributed by atoms with E-state index in [1.807, 2.05) is 10.8 Å². The highest BCUT2D eigenvalue weighted by molar-refractivity contribution is 5.77. The first-order chi connectivity index (χ1) is 7.79. The fraction of sp³-hybridized carbons (Fsp3) is 0.636. The SMILES string of the molecule is O=C1Cn2c(cnc2C2CC2)CN1CCO. The first-order valence-electron chi connectivity index (χ1n) is 5.72. The number of β-amino-alcohol motifs (C(OH)–C–C–N with tert-alkyl or cyclic N) is 1. The molecule has 0 radical (unpaired) electrons. The van der Waals surface area contributed by atoms with Crippen LogP contribution >= 0.6 is 0 Å². The Morgan fingerprint density at radius 2 is 2.25 bits per heavy atom. The van der Waals surface area contributed by atoms with Crippen LogP contribution in [0.25, 0.3) is 0 Å². The van der Waals surface area contributed by atoms with Crippen LogP contribution in [0.2, 0.25) is 0 Å². The maximum atomic E-state index is 11.8. The van der Waals surface area contributed by atoms with Gasteiger partial charge in [-0.05, 0) is 12.8 Å². The third kappa shape index (κ3) is 1.51. The number of rotatable bonds is 3. The summed E-state index contributed by atoms with van der Waals surface area (Å²) in [6, 6.07) is 0. The van der Waals surface area contributed by atoms with Gasteiger partial charge >= 0.3 is 0 Å². The van der Waals surface area contributed by atoms with Gasteiger partial charge in [-0.1, -0.05) is 0 Å². The number of carbonyl (C=O) groups is 1. The zero-order chi connectivity index (χ0) is 11.1. The highest BCUT2D eigenvalue weighted by Gasteiger charge is 2.32. The van der Waals surface area contributed by atoms with Crippen molar-refractivity contribution in [1.82, 2.24) is 14.5 Å². The van der Waals surface area contributed by atoms with Crippen LogP contribution in [0.4, 0.5) is 0 Å². The van der Waals surface area contributed by atoms with E-state index in [1.165, 1.54) is 12.8 Å². The molecule has 1 N–H and O–H groups in total. The van der Waals surface area contributed by atoms with Crippen molar-refractivity contribution in [3.63, 3.8) is 0 Å². The van der Waals surface area contributed by atoms with Crippen LogP contribution in [0.1, 0.15) is 30.3 Å². The second kappa shape index (κ2) is 3.59. The summed E-state index contributed by atoms with van der Waals surface area (Å²) in [5, 5.41) is 8.87. The molecule has 16 heavy (non-hydrogen) atoms. The molecule has 0 atom stereocenters. The molecule has 1 saturated carbocycles. The third-order valence-electron chi connectivity index (χ3n) is 3.28. The minimum Gasteiger partial charge on any atom is -0.395 e. The van der Waals surface area contributed by atoms with Gasteiger partial charge in [0.1, 0.15) is 12.4 Å². The second-order valence-electron chi connectivity index (χ2n) is 4.51. The fourth-order valence-electron chi connectivity index (χ4n) is 2.25. The normalized spacial score (nSPS) is 20.1. The molecule has 1 amide bonds. The number of hydrogen-bond donors (Lipinski definition) is 1. The number of amides is 1. The fourth-order valence-corrected chi connectivity index (χ4v) is 2.25. The summed E-state index contributed by atoms with van der Waals surface area (Å²) in [5.74, 6) is 1.74. The predicted molar refractivity (Wildman–Crippen MR) is 56.7 cm³/mol. The molecular weight excluding hydrogens is 206 g/mol. The lowest BCUT2D eigenvalue weighted by Crippen LogP contribution is -2.40. The molecule has 1 aliphatic carbocycles. The van der Waals surface area contributed by atoms with Crippen molar-refractivity contribution in [3.05, 3.63) is 17.7 Å². The lowest BCUT2D eigenvalue weighted by molar-refractivity contribution is -0.134. The van der Waals surface area contributed by atoms with Crippen LogP contribution in [0.5, 0.6) is 0 Å². The van der Waals surface area contributed by atoms with E-state index in [0.29, 0.717) is 25.6 Å². The summed E-state index contributed by atoms with van der Waals surface area (Å²) in [6.45, 7) is 1.42. The summed E-state index contributed by atoms with van der Waals surface area (Å²) in [5.41, 5.74) is 1.09. The van der Waals surface area contributed by atoms with Gasteiger partial charge in [0.15, 0.2) is 0 Å². The highest BCUT2D eigenvalue weighted by atomic mass is 16.3. The van der Waals surface area contributed by atoms with E-state index >= 15 is 0 Å². The van der Waals surface area contributed by atoms with Crippen LogP contribution in [0, 0.1) is 0 Å². The molecule has 2 heterocycles. The smallest absolute Gasteiger partial charge is 0.242 e. The van der Waals surface area contributed by atoms with Gasteiger partial charge in [0.05, 0.1) is 25.0 Å². The van der Waals surface area contributed by atoms with Gasteiger partial charge in [0.2, 0.25) is 5.91 Å². The first-order valence-corrected chi connectivity index (χ1v) is 5.72. The van der Waals surface area contributed by atoms with E-state index < -0.39 is 0 Å². The molecule has 5 heteroatoms. The first kappa shape index (κ1) is 9.84. The minimum atomic E-state index is 0.0232. The van der Waals surface area contributed by atoms with Gasteiger partial charge in [-0.2, -0.15) is 0 Å². The Morgan fingerprint density at radius 1 is 1.44 bits per heavy atom. The Bertz CT molecular complexity index is 423. The zero-order valence-electron chi connectivity index (χ0n) is 9.09. The van der Waals surface area contributed by atoms with E-state index in [0.717, 1.165) is 11.5 Å². The molecule has 0 unspecified atom stereocenters. The summed E-state index contributed by atoms with van der Waals surface area (Å²) in [7, 11) is 0. The maximum Gasteiger partial charge on any atom is 0.242 e. The van der Waals surface area contributed by atoms with Crippen molar-refractivity contribution in [2.24, 2.45) is 0 Å². The largest absolute Gasteiger partial charge is 0.395 e. The molecule has 5 nitrogen and oxygen atoms in total. The van der Waals surface area contributed by atoms with Gasteiger partial charge < -0.3 is 14.6 Å². The van der Waals surface area contributed by atoms with Crippen molar-refractivity contribution in [2.45, 2.75) is 31.8 Å². The predicted octanol–water partition coefficient (Wildman–Crippen LogP) is 0.0950. The van der Waals surface area contributed by atoms with E-state index in [2.05, 4.69) is 4.98 Å². The number of fused-ring (bicyclic) bond motifs is 1. The molecule has 1 aromatic rings. The summed E-state index contributed by atoms with van der Waals surface area (Å²) in [6.07, 6.45) is 4.26. The van der Waals surface area contributed by atoms with Gasteiger partial charge in [0, 0.05) is 12.5 Å². The molecule has 0 bridgehead atoms. The van der Waals surface area contributed by atoms with Gasteiger partial charge in [-0.25, -0.2) is 4.98 Å². The molecule has 0 spiro atoms. The number of aliphatic hydroxyl groups excluding tert-OH is 1. The number of aliphatic hydroxyl groups is 1. The Balaban J connectivity index is 1.87. The van der Waals surface area contributed by atoms with E-state index in [4.69, 9.17) is 5.11 Å². The van der Waals surface area contributed by atoms with Crippen molar-refractivity contribution in [1.29, 1.82) is 0 Å². The van der Waals surface area contributed by atoms with E-state index in [1.54, 1.807) is 4.90 Å². The summed E-state index contributed by atoms with van der Waals surface area (Å²) >= 11 is 0. The highest BCUT2D eigenvalue weighted by Crippen LogP contribution is 2.40. The molecule has 3 rings (SSSR count). The van der Waals surface area contributed by atoms with Crippen molar-refractivity contribution >= 4 is 5.91 Å². The van der Waals surface area contributed by atoms with Gasteiger partial charge in [0.25, 0.3) is 0 Å². The molecule has 1 aromatic heterocycles. The molecule has 2 aliphatic rings. The maximum absolute atomic E-state index is 11.8. The molecular formula is C11H15N3O2. The van der Waals surface area contributed by atoms with Crippen LogP contribution in [0.15, 0.2) is 6.20 Å². The summed E-state index contributed by atoms with van der Waals surface area (Å²) < 4.78 is 2.05. The number of aromatic nitrogens is 2. The Labute approximate surface area is 93.7 Å². The summed E-state index contributed by atoms with van der Waals surface area (Å²) in [4.78, 5) is 17.9. The minimum absolute atomic E-state index is 0.0232. The quantitative estimate of drug-likeness (QED) is 0.787. The molecule has 0 saturated heterocycles. The molecule has 0 aromatic carbocycles. The standard InChI is InChI=1S/C11H15N3O2/c15-4-3-13-6-9-5-12-11(8-1-2-8)14(9)7-10(13)16/h5,8,15H,1-4,6-7H2. The average molecular weight is 221 g/mol. The third-order valence-corrected chi connectivity index (χ3v) is 3.28. The van der Waals surface area contributed by atoms with Crippen LogP contribution in [-0.4, -0.2) is 38.6 Å². The van der Waals surface area contributed by atoms with Gasteiger partial charge in [-0.15, -0.1) is 0 Å². The number of carbonyl (C=O) groups excluding carboxylic acids is 1. The lowest BCUT2D eigenvalue weighted by atomic mass is 10.3. The monoisotopic (exact) mass is 221 g/mol. The Hall–Kier alpha value is -1.36. The van der Waals surface area contributed by atoms with Crippen molar-refractivity contribution < 1.29 is 9.90 Å². The number of nitrogens with zero attached hydrogens (tertiary/aromatic N) is 3.